The minimum Gasteiger partial charge on any atom is -0.359 e. The standard InChI is InChI=1S/C10H14N4S/c1-4-5-11-10(15)14-9-6-7(2)12-8(3)13-9/h4,6H,1,5H2,2-3H3,(H2,11,12,13,14,15). The molecule has 4 nitrogen and oxygen atoms in total. The van der Waals surface area contributed by atoms with Gasteiger partial charge in [0.05, 0.1) is 0 Å². The molecule has 1 rings (SSSR count). The van der Waals surface area contributed by atoms with Crippen molar-refractivity contribution in [2.24, 2.45) is 0 Å². The van der Waals surface area contributed by atoms with Crippen molar-refractivity contribution in [3.05, 3.63) is 30.2 Å². The summed E-state index contributed by atoms with van der Waals surface area (Å²) in [5.74, 6) is 1.44. The summed E-state index contributed by atoms with van der Waals surface area (Å²) in [5.41, 5.74) is 0.913. The minimum absolute atomic E-state index is 0.535. The first-order valence-electron chi connectivity index (χ1n) is 4.60. The minimum atomic E-state index is 0.535. The molecule has 15 heavy (non-hydrogen) atoms. The molecular formula is C10H14N4S. The molecule has 1 aromatic heterocycles. The Morgan fingerprint density at radius 1 is 1.53 bits per heavy atom. The second-order valence-electron chi connectivity index (χ2n) is 3.07. The van der Waals surface area contributed by atoms with Crippen molar-refractivity contribution in [1.82, 2.24) is 15.3 Å². The largest absolute Gasteiger partial charge is 0.359 e. The lowest BCUT2D eigenvalue weighted by Crippen LogP contribution is -2.28. The molecule has 0 aromatic carbocycles. The molecule has 0 aliphatic carbocycles. The Hall–Kier alpha value is -1.49. The summed E-state index contributed by atoms with van der Waals surface area (Å²) < 4.78 is 0. The van der Waals surface area contributed by atoms with Crippen molar-refractivity contribution in [2.45, 2.75) is 13.8 Å². The fraction of sp³-hybridized carbons (Fsp3) is 0.300. The van der Waals surface area contributed by atoms with Crippen LogP contribution in [0.25, 0.3) is 0 Å². The summed E-state index contributed by atoms with van der Waals surface area (Å²) in [6, 6.07) is 1.84. The van der Waals surface area contributed by atoms with E-state index in [-0.39, 0.29) is 0 Å². The van der Waals surface area contributed by atoms with Crippen LogP contribution in [0.3, 0.4) is 0 Å². The average Bonchev–Trinajstić information content (AvgIpc) is 2.13. The Kier molecular flexibility index (Phi) is 4.17. The lowest BCUT2D eigenvalue weighted by Gasteiger charge is -2.08. The van der Waals surface area contributed by atoms with E-state index in [0.717, 1.165) is 11.5 Å². The van der Waals surface area contributed by atoms with Gasteiger partial charge in [0, 0.05) is 18.3 Å². The fourth-order valence-electron chi connectivity index (χ4n) is 1.11. The van der Waals surface area contributed by atoms with Gasteiger partial charge < -0.3 is 10.6 Å². The molecule has 0 aliphatic rings. The molecule has 0 fully saturated rings. The van der Waals surface area contributed by atoms with Crippen LogP contribution in [-0.2, 0) is 0 Å². The monoisotopic (exact) mass is 222 g/mol. The molecule has 0 unspecified atom stereocenters. The van der Waals surface area contributed by atoms with Crippen LogP contribution in [0.15, 0.2) is 18.7 Å². The first-order valence-corrected chi connectivity index (χ1v) is 5.00. The van der Waals surface area contributed by atoms with E-state index in [0.29, 0.717) is 17.5 Å². The van der Waals surface area contributed by atoms with Crippen LogP contribution in [0.4, 0.5) is 5.82 Å². The molecule has 0 saturated heterocycles. The van der Waals surface area contributed by atoms with Crippen LogP contribution in [0.2, 0.25) is 0 Å². The smallest absolute Gasteiger partial charge is 0.172 e. The number of nitrogens with one attached hydrogen (secondary N) is 2. The van der Waals surface area contributed by atoms with Crippen molar-refractivity contribution in [1.29, 1.82) is 0 Å². The van der Waals surface area contributed by atoms with E-state index in [9.17, 15) is 0 Å². The van der Waals surface area contributed by atoms with Gasteiger partial charge in [-0.1, -0.05) is 6.08 Å². The molecule has 2 N–H and O–H groups in total. The van der Waals surface area contributed by atoms with Crippen LogP contribution in [-0.4, -0.2) is 21.6 Å². The molecule has 0 amide bonds. The highest BCUT2D eigenvalue weighted by atomic mass is 32.1. The van der Waals surface area contributed by atoms with Crippen molar-refractivity contribution in [3.8, 4) is 0 Å². The van der Waals surface area contributed by atoms with E-state index in [4.69, 9.17) is 12.2 Å². The predicted octanol–water partition coefficient (Wildman–Crippen LogP) is 1.57. The van der Waals surface area contributed by atoms with Gasteiger partial charge in [-0.2, -0.15) is 0 Å². The Bertz CT molecular complexity index is 355. The van der Waals surface area contributed by atoms with Gasteiger partial charge in [-0.05, 0) is 26.1 Å². The lowest BCUT2D eigenvalue weighted by molar-refractivity contribution is 1.01. The number of aromatic nitrogens is 2. The highest BCUT2D eigenvalue weighted by Gasteiger charge is 2.00. The number of nitrogens with zero attached hydrogens (tertiary/aromatic N) is 2. The maximum Gasteiger partial charge on any atom is 0.172 e. The quantitative estimate of drug-likeness (QED) is 0.600. The second kappa shape index (κ2) is 5.41. The highest BCUT2D eigenvalue weighted by Crippen LogP contribution is 2.04. The summed E-state index contributed by atoms with van der Waals surface area (Å²) in [4.78, 5) is 8.38. The van der Waals surface area contributed by atoms with Crippen molar-refractivity contribution >= 4 is 23.1 Å². The Labute approximate surface area is 94.8 Å². The van der Waals surface area contributed by atoms with E-state index in [1.807, 2.05) is 19.9 Å². The molecule has 1 heterocycles. The summed E-state index contributed by atoms with van der Waals surface area (Å²) in [5, 5.41) is 6.48. The maximum absolute atomic E-state index is 5.06. The highest BCUT2D eigenvalue weighted by molar-refractivity contribution is 7.80. The number of anilines is 1. The van der Waals surface area contributed by atoms with Crippen LogP contribution in [0.5, 0.6) is 0 Å². The summed E-state index contributed by atoms with van der Waals surface area (Å²) in [7, 11) is 0. The van der Waals surface area contributed by atoms with Gasteiger partial charge >= 0.3 is 0 Å². The zero-order chi connectivity index (χ0) is 11.3. The summed E-state index contributed by atoms with van der Waals surface area (Å²) in [6.07, 6.45) is 1.74. The van der Waals surface area contributed by atoms with Crippen LogP contribution in [0.1, 0.15) is 11.5 Å². The number of aryl methyl sites for hydroxylation is 2. The zero-order valence-electron chi connectivity index (χ0n) is 8.87. The molecule has 5 heteroatoms. The number of hydrogen-bond donors (Lipinski definition) is 2. The van der Waals surface area contributed by atoms with Gasteiger partial charge in [0.2, 0.25) is 0 Å². The second-order valence-corrected chi connectivity index (χ2v) is 3.47. The number of hydrogen-bond acceptors (Lipinski definition) is 3. The van der Waals surface area contributed by atoms with Crippen molar-refractivity contribution in [3.63, 3.8) is 0 Å². The van der Waals surface area contributed by atoms with Gasteiger partial charge in [0.1, 0.15) is 11.6 Å². The van der Waals surface area contributed by atoms with Crippen molar-refractivity contribution in [2.75, 3.05) is 11.9 Å². The molecule has 1 aromatic rings. The summed E-state index contributed by atoms with van der Waals surface area (Å²) >= 11 is 5.06. The lowest BCUT2D eigenvalue weighted by atomic mass is 10.4. The average molecular weight is 222 g/mol. The van der Waals surface area contributed by atoms with Crippen LogP contribution < -0.4 is 10.6 Å². The predicted molar refractivity (Wildman–Crippen MR) is 65.9 cm³/mol. The molecule has 0 bridgehead atoms. The topological polar surface area (TPSA) is 49.8 Å². The van der Waals surface area contributed by atoms with Crippen LogP contribution >= 0.6 is 12.2 Å². The number of rotatable bonds is 3. The van der Waals surface area contributed by atoms with E-state index < -0.39 is 0 Å². The van der Waals surface area contributed by atoms with E-state index in [1.54, 1.807) is 6.08 Å². The molecule has 0 atom stereocenters. The normalized spacial score (nSPS) is 9.47. The third-order valence-electron chi connectivity index (χ3n) is 1.61. The van der Waals surface area contributed by atoms with Crippen LogP contribution in [0, 0.1) is 13.8 Å². The first kappa shape index (κ1) is 11.6. The first-order chi connectivity index (χ1) is 7.11. The Morgan fingerprint density at radius 3 is 2.87 bits per heavy atom. The fourth-order valence-corrected chi connectivity index (χ4v) is 1.29. The van der Waals surface area contributed by atoms with Gasteiger partial charge in [0.25, 0.3) is 0 Å². The molecule has 0 saturated carbocycles. The molecular weight excluding hydrogens is 208 g/mol. The molecule has 0 radical (unpaired) electrons. The van der Waals surface area contributed by atoms with E-state index in [2.05, 4.69) is 27.2 Å². The van der Waals surface area contributed by atoms with Gasteiger partial charge in [-0.15, -0.1) is 6.58 Å². The Morgan fingerprint density at radius 2 is 2.27 bits per heavy atom. The summed E-state index contributed by atoms with van der Waals surface area (Å²) in [6.45, 7) is 7.99. The molecule has 0 aliphatic heterocycles. The van der Waals surface area contributed by atoms with Crippen molar-refractivity contribution < 1.29 is 0 Å². The van der Waals surface area contributed by atoms with Gasteiger partial charge in [-0.25, -0.2) is 9.97 Å². The maximum atomic E-state index is 5.06. The molecule has 80 valence electrons. The van der Waals surface area contributed by atoms with Gasteiger partial charge in [0.15, 0.2) is 5.11 Å². The van der Waals surface area contributed by atoms with Gasteiger partial charge in [-0.3, -0.25) is 0 Å². The third-order valence-corrected chi connectivity index (χ3v) is 1.86. The SMILES string of the molecule is C=CCNC(=S)Nc1cc(C)nc(C)n1. The van der Waals surface area contributed by atoms with E-state index in [1.165, 1.54) is 0 Å². The van der Waals surface area contributed by atoms with E-state index >= 15 is 0 Å². The number of thiocarbonyl (C=S) groups is 1. The Balaban J connectivity index is 2.63. The zero-order valence-corrected chi connectivity index (χ0v) is 9.69. The third kappa shape index (κ3) is 4.03. The molecule has 0 spiro atoms.